The van der Waals surface area contributed by atoms with Gasteiger partial charge < -0.3 is 25.0 Å². The Morgan fingerprint density at radius 2 is 1.89 bits per heavy atom. The van der Waals surface area contributed by atoms with E-state index in [2.05, 4.69) is 16.3 Å². The number of carbonyl (C=O) groups excluding carboxylic acids is 1. The Morgan fingerprint density at radius 1 is 1.15 bits per heavy atom. The van der Waals surface area contributed by atoms with Gasteiger partial charge in [0.1, 0.15) is 11.5 Å². The molecule has 0 unspecified atom stereocenters. The number of para-hydroxylation sites is 2. The normalized spacial score (nSPS) is 14.1. The Bertz CT molecular complexity index is 786. The van der Waals surface area contributed by atoms with Crippen LogP contribution in [0.25, 0.3) is 0 Å². The number of aryl methyl sites for hydroxylation is 1. The predicted molar refractivity (Wildman–Crippen MR) is 107 cm³/mol. The molecule has 27 heavy (non-hydrogen) atoms. The maximum atomic E-state index is 12.4. The van der Waals surface area contributed by atoms with Crippen LogP contribution in [0.15, 0.2) is 42.5 Å². The lowest BCUT2D eigenvalue weighted by Gasteiger charge is -2.36. The summed E-state index contributed by atoms with van der Waals surface area (Å²) in [6.45, 7) is 5.29. The molecule has 0 radical (unpaired) electrons. The van der Waals surface area contributed by atoms with E-state index in [-0.39, 0.29) is 11.8 Å². The highest BCUT2D eigenvalue weighted by Gasteiger charge is 2.22. The van der Waals surface area contributed by atoms with Crippen molar-refractivity contribution in [2.45, 2.75) is 13.3 Å². The minimum Gasteiger partial charge on any atom is -0.506 e. The van der Waals surface area contributed by atoms with Gasteiger partial charge >= 0.3 is 6.03 Å². The summed E-state index contributed by atoms with van der Waals surface area (Å²) in [5.74, 6) is 1.13. The number of rotatable bonds is 5. The highest BCUT2D eigenvalue weighted by atomic mass is 16.5. The van der Waals surface area contributed by atoms with Gasteiger partial charge in [-0.25, -0.2) is 4.79 Å². The van der Waals surface area contributed by atoms with Crippen LogP contribution < -0.4 is 15.0 Å². The van der Waals surface area contributed by atoms with Crippen LogP contribution in [0.4, 0.5) is 10.5 Å². The van der Waals surface area contributed by atoms with Gasteiger partial charge in [-0.15, -0.1) is 0 Å². The molecule has 1 heterocycles. The van der Waals surface area contributed by atoms with Crippen molar-refractivity contribution in [3.05, 3.63) is 53.6 Å². The summed E-state index contributed by atoms with van der Waals surface area (Å²) in [6.07, 6.45) is 0.731. The van der Waals surface area contributed by atoms with Crippen molar-refractivity contribution in [2.24, 2.45) is 0 Å². The van der Waals surface area contributed by atoms with Gasteiger partial charge in [0.15, 0.2) is 0 Å². The van der Waals surface area contributed by atoms with Crippen LogP contribution in [0.3, 0.4) is 0 Å². The summed E-state index contributed by atoms with van der Waals surface area (Å²) in [5.41, 5.74) is 3.10. The number of nitrogens with zero attached hydrogens (tertiary/aromatic N) is 2. The molecule has 6 nitrogen and oxygen atoms in total. The molecular weight excluding hydrogens is 342 g/mol. The first kappa shape index (κ1) is 18.9. The second-order valence-corrected chi connectivity index (χ2v) is 6.76. The minimum absolute atomic E-state index is 0.0430. The molecule has 6 heteroatoms. The van der Waals surface area contributed by atoms with Crippen LogP contribution in [-0.4, -0.2) is 55.9 Å². The van der Waals surface area contributed by atoms with E-state index in [0.29, 0.717) is 32.7 Å². The first-order valence-corrected chi connectivity index (χ1v) is 9.27. The van der Waals surface area contributed by atoms with E-state index in [1.807, 2.05) is 42.2 Å². The van der Waals surface area contributed by atoms with Crippen molar-refractivity contribution in [3.8, 4) is 11.5 Å². The van der Waals surface area contributed by atoms with Crippen LogP contribution in [0.2, 0.25) is 0 Å². The molecule has 144 valence electrons. The number of anilines is 1. The van der Waals surface area contributed by atoms with Gasteiger partial charge in [-0.3, -0.25) is 0 Å². The van der Waals surface area contributed by atoms with E-state index in [0.717, 1.165) is 23.4 Å². The zero-order valence-corrected chi connectivity index (χ0v) is 15.9. The summed E-state index contributed by atoms with van der Waals surface area (Å²) < 4.78 is 5.39. The molecule has 1 aliphatic heterocycles. The SMILES string of the molecule is COc1ccc(C)cc1CCNC(=O)N1CCN(c2ccccc2O)CC1. The number of aromatic hydroxyl groups is 1. The number of hydrogen-bond acceptors (Lipinski definition) is 4. The Balaban J connectivity index is 1.48. The van der Waals surface area contributed by atoms with Gasteiger partial charge in [0.25, 0.3) is 0 Å². The number of phenolic OH excluding ortho intramolecular Hbond substituents is 1. The van der Waals surface area contributed by atoms with Gasteiger partial charge in [0.05, 0.1) is 12.8 Å². The maximum Gasteiger partial charge on any atom is 0.317 e. The number of ether oxygens (including phenoxy) is 1. The largest absolute Gasteiger partial charge is 0.506 e. The third-order valence-corrected chi connectivity index (χ3v) is 4.90. The molecule has 2 amide bonds. The van der Waals surface area contributed by atoms with Crippen molar-refractivity contribution >= 4 is 11.7 Å². The van der Waals surface area contributed by atoms with Gasteiger partial charge in [-0.05, 0) is 37.1 Å². The second kappa shape index (κ2) is 8.66. The van der Waals surface area contributed by atoms with E-state index >= 15 is 0 Å². The lowest BCUT2D eigenvalue weighted by molar-refractivity contribution is 0.194. The van der Waals surface area contributed by atoms with Crippen molar-refractivity contribution in [2.75, 3.05) is 44.7 Å². The molecule has 0 spiro atoms. The van der Waals surface area contributed by atoms with Crippen molar-refractivity contribution in [1.82, 2.24) is 10.2 Å². The Labute approximate surface area is 160 Å². The van der Waals surface area contributed by atoms with E-state index < -0.39 is 0 Å². The fraction of sp³-hybridized carbons (Fsp3) is 0.381. The van der Waals surface area contributed by atoms with Gasteiger partial charge in [-0.1, -0.05) is 29.8 Å². The van der Waals surface area contributed by atoms with E-state index in [9.17, 15) is 9.90 Å². The average molecular weight is 369 g/mol. The molecular formula is C21H27N3O3. The van der Waals surface area contributed by atoms with Crippen molar-refractivity contribution in [3.63, 3.8) is 0 Å². The molecule has 0 atom stereocenters. The topological polar surface area (TPSA) is 65.0 Å². The summed E-state index contributed by atoms with van der Waals surface area (Å²) in [7, 11) is 1.66. The smallest absolute Gasteiger partial charge is 0.317 e. The molecule has 2 aromatic carbocycles. The van der Waals surface area contributed by atoms with Crippen LogP contribution >= 0.6 is 0 Å². The highest BCUT2D eigenvalue weighted by Crippen LogP contribution is 2.27. The number of benzene rings is 2. The van der Waals surface area contributed by atoms with Crippen LogP contribution in [0.5, 0.6) is 11.5 Å². The molecule has 2 N–H and O–H groups in total. The lowest BCUT2D eigenvalue weighted by atomic mass is 10.1. The number of carbonyl (C=O) groups is 1. The molecule has 3 rings (SSSR count). The molecule has 0 aliphatic carbocycles. The van der Waals surface area contributed by atoms with Crippen LogP contribution in [0.1, 0.15) is 11.1 Å². The zero-order chi connectivity index (χ0) is 19.2. The molecule has 0 saturated carbocycles. The molecule has 1 aliphatic rings. The van der Waals surface area contributed by atoms with E-state index in [1.165, 1.54) is 5.56 Å². The van der Waals surface area contributed by atoms with Crippen LogP contribution in [-0.2, 0) is 6.42 Å². The molecule has 0 aromatic heterocycles. The summed E-state index contributed by atoms with van der Waals surface area (Å²) >= 11 is 0. The number of phenols is 1. The summed E-state index contributed by atoms with van der Waals surface area (Å²) in [4.78, 5) is 16.4. The zero-order valence-electron chi connectivity index (χ0n) is 15.9. The van der Waals surface area contributed by atoms with E-state index in [1.54, 1.807) is 13.2 Å². The predicted octanol–water partition coefficient (Wildman–Crippen LogP) is 2.78. The molecule has 0 bridgehead atoms. The standard InChI is InChI=1S/C21H27N3O3/c1-16-7-8-20(27-2)17(15-16)9-10-22-21(26)24-13-11-23(12-14-24)18-5-3-4-6-19(18)25/h3-8,15,25H,9-14H2,1-2H3,(H,22,26). The second-order valence-electron chi connectivity index (χ2n) is 6.76. The first-order valence-electron chi connectivity index (χ1n) is 9.27. The summed E-state index contributed by atoms with van der Waals surface area (Å²) in [5, 5.41) is 13.0. The summed E-state index contributed by atoms with van der Waals surface area (Å²) in [6, 6.07) is 13.3. The lowest BCUT2D eigenvalue weighted by Crippen LogP contribution is -2.52. The monoisotopic (exact) mass is 369 g/mol. The average Bonchev–Trinajstić information content (AvgIpc) is 2.68. The van der Waals surface area contributed by atoms with Crippen molar-refractivity contribution in [1.29, 1.82) is 0 Å². The number of piperazine rings is 1. The molecule has 2 aromatic rings. The maximum absolute atomic E-state index is 12.4. The van der Waals surface area contributed by atoms with Gasteiger partial charge in [0, 0.05) is 32.7 Å². The fourth-order valence-corrected chi connectivity index (χ4v) is 3.40. The fourth-order valence-electron chi connectivity index (χ4n) is 3.40. The minimum atomic E-state index is -0.0430. The first-order chi connectivity index (χ1) is 13.1. The number of amides is 2. The quantitative estimate of drug-likeness (QED) is 0.851. The third kappa shape index (κ3) is 4.64. The number of urea groups is 1. The molecule has 1 saturated heterocycles. The molecule has 1 fully saturated rings. The Morgan fingerprint density at radius 3 is 2.59 bits per heavy atom. The van der Waals surface area contributed by atoms with Crippen LogP contribution in [0, 0.1) is 6.92 Å². The Hall–Kier alpha value is -2.89. The van der Waals surface area contributed by atoms with Gasteiger partial charge in [0.2, 0.25) is 0 Å². The van der Waals surface area contributed by atoms with Gasteiger partial charge in [-0.2, -0.15) is 0 Å². The third-order valence-electron chi connectivity index (χ3n) is 4.90. The number of nitrogens with one attached hydrogen (secondary N) is 1. The number of hydrogen-bond donors (Lipinski definition) is 2. The highest BCUT2D eigenvalue weighted by molar-refractivity contribution is 5.74. The Kier molecular flexibility index (Phi) is 6.06. The van der Waals surface area contributed by atoms with Crippen molar-refractivity contribution < 1.29 is 14.6 Å². The van der Waals surface area contributed by atoms with E-state index in [4.69, 9.17) is 4.74 Å². The number of methoxy groups -OCH3 is 1.